The molecule has 2 heterocycles. The van der Waals surface area contributed by atoms with E-state index < -0.39 is 6.10 Å². The van der Waals surface area contributed by atoms with E-state index in [2.05, 4.69) is 0 Å². The van der Waals surface area contributed by atoms with E-state index in [4.69, 9.17) is 27.6 Å². The highest BCUT2D eigenvalue weighted by Crippen LogP contribution is 2.32. The molecule has 1 unspecified atom stereocenters. The lowest BCUT2D eigenvalue weighted by Crippen LogP contribution is -1.93. The van der Waals surface area contributed by atoms with E-state index in [9.17, 15) is 5.11 Å². The Labute approximate surface area is 94.7 Å². The first kappa shape index (κ1) is 10.1. The van der Waals surface area contributed by atoms with Crippen LogP contribution in [0.2, 0.25) is 9.56 Å². The summed E-state index contributed by atoms with van der Waals surface area (Å²) in [5.74, 6) is 0.425. The predicted octanol–water partition coefficient (Wildman–Crippen LogP) is 3.73. The van der Waals surface area contributed by atoms with Crippen molar-refractivity contribution in [1.29, 1.82) is 0 Å². The molecule has 0 aliphatic heterocycles. The number of aliphatic hydroxyl groups is 1. The van der Waals surface area contributed by atoms with Gasteiger partial charge in [0.05, 0.1) is 4.34 Å². The zero-order valence-electron chi connectivity index (χ0n) is 6.91. The SMILES string of the molecule is OC(c1ccc(Cl)o1)c1ccc(Cl)s1. The minimum absolute atomic E-state index is 0.265. The molecule has 0 aliphatic rings. The van der Waals surface area contributed by atoms with Crippen molar-refractivity contribution in [3.8, 4) is 0 Å². The van der Waals surface area contributed by atoms with Gasteiger partial charge in [0.1, 0.15) is 11.9 Å². The first-order valence-corrected chi connectivity index (χ1v) is 5.42. The van der Waals surface area contributed by atoms with E-state index in [0.717, 1.165) is 4.88 Å². The van der Waals surface area contributed by atoms with Crippen LogP contribution in [0.25, 0.3) is 0 Å². The molecular weight excluding hydrogens is 243 g/mol. The fourth-order valence-electron chi connectivity index (χ4n) is 1.09. The lowest BCUT2D eigenvalue weighted by Gasteiger charge is -2.03. The van der Waals surface area contributed by atoms with Crippen LogP contribution in [0, 0.1) is 0 Å². The molecule has 74 valence electrons. The van der Waals surface area contributed by atoms with Gasteiger partial charge < -0.3 is 9.52 Å². The van der Waals surface area contributed by atoms with Crippen molar-refractivity contribution in [1.82, 2.24) is 0 Å². The minimum atomic E-state index is -0.792. The van der Waals surface area contributed by atoms with E-state index in [1.807, 2.05) is 0 Å². The molecule has 1 atom stereocenters. The van der Waals surface area contributed by atoms with Gasteiger partial charge in [-0.3, -0.25) is 0 Å². The number of hydrogen-bond donors (Lipinski definition) is 1. The Kier molecular flexibility index (Phi) is 2.83. The molecule has 2 aromatic rings. The van der Waals surface area contributed by atoms with Crippen LogP contribution in [-0.2, 0) is 0 Å². The van der Waals surface area contributed by atoms with Gasteiger partial charge in [0, 0.05) is 4.88 Å². The maximum absolute atomic E-state index is 9.82. The van der Waals surface area contributed by atoms with Gasteiger partial charge in [0.25, 0.3) is 0 Å². The third-order valence-corrected chi connectivity index (χ3v) is 3.21. The van der Waals surface area contributed by atoms with Crippen molar-refractivity contribution in [2.75, 3.05) is 0 Å². The number of rotatable bonds is 2. The summed E-state index contributed by atoms with van der Waals surface area (Å²) in [6.45, 7) is 0. The highest BCUT2D eigenvalue weighted by Gasteiger charge is 2.16. The van der Waals surface area contributed by atoms with Gasteiger partial charge in [0.15, 0.2) is 5.22 Å². The van der Waals surface area contributed by atoms with Gasteiger partial charge in [-0.2, -0.15) is 0 Å². The summed E-state index contributed by atoms with van der Waals surface area (Å²) in [6, 6.07) is 6.72. The molecule has 2 nitrogen and oxygen atoms in total. The predicted molar refractivity (Wildman–Crippen MR) is 57.1 cm³/mol. The zero-order valence-corrected chi connectivity index (χ0v) is 9.23. The maximum Gasteiger partial charge on any atom is 0.193 e. The zero-order chi connectivity index (χ0) is 10.1. The summed E-state index contributed by atoms with van der Waals surface area (Å²) in [6.07, 6.45) is -0.792. The lowest BCUT2D eigenvalue weighted by molar-refractivity contribution is 0.193. The fourth-order valence-corrected chi connectivity index (χ4v) is 2.30. The molecule has 0 saturated heterocycles. The topological polar surface area (TPSA) is 33.4 Å². The van der Waals surface area contributed by atoms with Gasteiger partial charge >= 0.3 is 0 Å². The smallest absolute Gasteiger partial charge is 0.193 e. The van der Waals surface area contributed by atoms with Gasteiger partial charge in [-0.1, -0.05) is 11.6 Å². The van der Waals surface area contributed by atoms with Crippen LogP contribution in [0.4, 0.5) is 0 Å². The Balaban J connectivity index is 2.28. The Morgan fingerprint density at radius 1 is 1.21 bits per heavy atom. The molecular formula is C9H6Cl2O2S. The van der Waals surface area contributed by atoms with Crippen LogP contribution >= 0.6 is 34.5 Å². The van der Waals surface area contributed by atoms with Crippen molar-refractivity contribution < 1.29 is 9.52 Å². The summed E-state index contributed by atoms with van der Waals surface area (Å²) < 4.78 is 5.72. The second kappa shape index (κ2) is 3.95. The second-order valence-electron chi connectivity index (χ2n) is 2.69. The average molecular weight is 249 g/mol. The molecule has 0 spiro atoms. The Morgan fingerprint density at radius 2 is 2.00 bits per heavy atom. The Bertz CT molecular complexity index is 395. The van der Waals surface area contributed by atoms with Gasteiger partial charge in [0.2, 0.25) is 0 Å². The molecule has 1 N–H and O–H groups in total. The number of aliphatic hydroxyl groups excluding tert-OH is 1. The Morgan fingerprint density at radius 3 is 2.50 bits per heavy atom. The number of halogens is 2. The molecule has 2 aromatic heterocycles. The van der Waals surface area contributed by atoms with Crippen molar-refractivity contribution in [2.24, 2.45) is 0 Å². The van der Waals surface area contributed by atoms with Crippen molar-refractivity contribution >= 4 is 34.5 Å². The van der Waals surface area contributed by atoms with Crippen LogP contribution in [0.1, 0.15) is 16.7 Å². The first-order valence-electron chi connectivity index (χ1n) is 3.85. The van der Waals surface area contributed by atoms with E-state index in [-0.39, 0.29) is 5.22 Å². The average Bonchev–Trinajstić information content (AvgIpc) is 2.73. The Hall–Kier alpha value is -0.480. The quantitative estimate of drug-likeness (QED) is 0.879. The monoisotopic (exact) mass is 248 g/mol. The normalized spacial score (nSPS) is 13.1. The third kappa shape index (κ3) is 1.96. The molecule has 2 rings (SSSR count). The molecule has 0 aliphatic carbocycles. The first-order chi connectivity index (χ1) is 6.66. The summed E-state index contributed by atoms with van der Waals surface area (Å²) in [5.41, 5.74) is 0. The van der Waals surface area contributed by atoms with Crippen molar-refractivity contribution in [2.45, 2.75) is 6.10 Å². The van der Waals surface area contributed by atoms with Crippen molar-refractivity contribution in [3.05, 3.63) is 44.5 Å². The highest BCUT2D eigenvalue weighted by atomic mass is 35.5. The third-order valence-electron chi connectivity index (χ3n) is 1.73. The molecule has 0 radical (unpaired) electrons. The molecule has 14 heavy (non-hydrogen) atoms. The van der Waals surface area contributed by atoms with Gasteiger partial charge in [-0.15, -0.1) is 11.3 Å². The largest absolute Gasteiger partial charge is 0.447 e. The molecule has 0 fully saturated rings. The van der Waals surface area contributed by atoms with Crippen LogP contribution in [0.15, 0.2) is 28.7 Å². The van der Waals surface area contributed by atoms with Gasteiger partial charge in [-0.25, -0.2) is 0 Å². The van der Waals surface area contributed by atoms with Crippen LogP contribution in [0.3, 0.4) is 0 Å². The molecule has 0 amide bonds. The molecule has 5 heteroatoms. The van der Waals surface area contributed by atoms with E-state index >= 15 is 0 Å². The van der Waals surface area contributed by atoms with E-state index in [1.54, 1.807) is 24.3 Å². The lowest BCUT2D eigenvalue weighted by atomic mass is 10.2. The molecule has 0 bridgehead atoms. The van der Waals surface area contributed by atoms with E-state index in [1.165, 1.54) is 11.3 Å². The minimum Gasteiger partial charge on any atom is -0.447 e. The molecule has 0 aromatic carbocycles. The second-order valence-corrected chi connectivity index (χ2v) is 4.81. The summed E-state index contributed by atoms with van der Waals surface area (Å²) in [5, 5.41) is 10.1. The van der Waals surface area contributed by atoms with Gasteiger partial charge in [-0.05, 0) is 35.9 Å². The standard InChI is InChI=1S/C9H6Cl2O2S/c10-7-3-1-5(13-7)9(12)6-2-4-8(11)14-6/h1-4,9,12H. The molecule has 0 saturated carbocycles. The highest BCUT2D eigenvalue weighted by molar-refractivity contribution is 7.16. The summed E-state index contributed by atoms with van der Waals surface area (Å²) in [7, 11) is 0. The van der Waals surface area contributed by atoms with Crippen molar-refractivity contribution in [3.63, 3.8) is 0 Å². The number of thiophene rings is 1. The van der Waals surface area contributed by atoms with E-state index in [0.29, 0.717) is 10.1 Å². The van der Waals surface area contributed by atoms with Crippen LogP contribution in [-0.4, -0.2) is 5.11 Å². The van der Waals surface area contributed by atoms with Crippen LogP contribution in [0.5, 0.6) is 0 Å². The maximum atomic E-state index is 9.82. The van der Waals surface area contributed by atoms with Crippen LogP contribution < -0.4 is 0 Å². The number of furan rings is 1. The summed E-state index contributed by atoms with van der Waals surface area (Å²) in [4.78, 5) is 0.737. The number of hydrogen-bond acceptors (Lipinski definition) is 3. The summed E-state index contributed by atoms with van der Waals surface area (Å²) >= 11 is 12.7. The fraction of sp³-hybridized carbons (Fsp3) is 0.111.